The predicted octanol–water partition coefficient (Wildman–Crippen LogP) is 4.09. The van der Waals surface area contributed by atoms with E-state index in [4.69, 9.17) is 0 Å². The van der Waals surface area contributed by atoms with E-state index in [1.165, 1.54) is 0 Å². The summed E-state index contributed by atoms with van der Waals surface area (Å²) in [7, 11) is 4.00. The van der Waals surface area contributed by atoms with Gasteiger partial charge in [0.25, 0.3) is 0 Å². The van der Waals surface area contributed by atoms with Crippen molar-refractivity contribution in [2.24, 2.45) is 4.99 Å². The lowest BCUT2D eigenvalue weighted by Crippen LogP contribution is -2.36. The average Bonchev–Trinajstić information content (AvgIpc) is 2.70. The molecule has 0 bridgehead atoms. The number of alkyl halides is 3. The van der Waals surface area contributed by atoms with Gasteiger partial charge in [-0.15, -0.1) is 0 Å². The summed E-state index contributed by atoms with van der Waals surface area (Å²) in [6, 6.07) is 15.5. The van der Waals surface area contributed by atoms with E-state index in [-0.39, 0.29) is 6.61 Å². The molecule has 2 N–H and O–H groups in total. The molecule has 5 nitrogen and oxygen atoms in total. The van der Waals surface area contributed by atoms with Crippen molar-refractivity contribution in [2.75, 3.05) is 32.1 Å². The Bertz CT molecular complexity index is 788. The van der Waals surface area contributed by atoms with Crippen molar-refractivity contribution < 1.29 is 17.9 Å². The molecule has 2 aromatic carbocycles. The normalized spacial score (nSPS) is 12.0. The summed E-state index contributed by atoms with van der Waals surface area (Å²) in [5.41, 5.74) is 3.95. The molecule has 0 atom stereocenters. The van der Waals surface area contributed by atoms with Crippen LogP contribution in [-0.2, 0) is 24.4 Å². The van der Waals surface area contributed by atoms with Crippen LogP contribution in [0.2, 0.25) is 0 Å². The molecular formula is C22H29F3N4O. The van der Waals surface area contributed by atoms with Gasteiger partial charge in [-0.05, 0) is 35.7 Å². The fourth-order valence-electron chi connectivity index (χ4n) is 2.64. The quantitative estimate of drug-likeness (QED) is 0.472. The summed E-state index contributed by atoms with van der Waals surface area (Å²) in [6.45, 7) is 2.54. The van der Waals surface area contributed by atoms with Crippen molar-refractivity contribution in [1.82, 2.24) is 10.6 Å². The number of benzene rings is 2. The second kappa shape index (κ2) is 11.4. The molecule has 0 aliphatic rings. The van der Waals surface area contributed by atoms with Crippen LogP contribution in [0.5, 0.6) is 0 Å². The number of ether oxygens (including phenoxy) is 1. The predicted molar refractivity (Wildman–Crippen MR) is 115 cm³/mol. The van der Waals surface area contributed by atoms with Gasteiger partial charge in [-0.3, -0.25) is 0 Å². The van der Waals surface area contributed by atoms with Crippen molar-refractivity contribution in [3.05, 3.63) is 65.2 Å². The van der Waals surface area contributed by atoms with Crippen LogP contribution in [0.15, 0.2) is 53.5 Å². The SMILES string of the molecule is CCNC(=NCc1ccc(N(C)C)cc1)NCc1ccc(COCC(F)(F)F)cc1. The van der Waals surface area contributed by atoms with Gasteiger partial charge in [-0.2, -0.15) is 13.2 Å². The molecule has 164 valence electrons. The maximum absolute atomic E-state index is 12.1. The minimum atomic E-state index is -4.31. The maximum atomic E-state index is 12.1. The third-order valence-corrected chi connectivity index (χ3v) is 4.23. The minimum Gasteiger partial charge on any atom is -0.378 e. The molecule has 0 aromatic heterocycles. The zero-order valence-corrected chi connectivity index (χ0v) is 17.6. The van der Waals surface area contributed by atoms with E-state index >= 15 is 0 Å². The highest BCUT2D eigenvalue weighted by atomic mass is 19.4. The smallest absolute Gasteiger partial charge is 0.378 e. The second-order valence-electron chi connectivity index (χ2n) is 7.03. The summed E-state index contributed by atoms with van der Waals surface area (Å²) in [4.78, 5) is 6.66. The summed E-state index contributed by atoms with van der Waals surface area (Å²) in [5, 5.41) is 6.48. The van der Waals surface area contributed by atoms with Gasteiger partial charge in [0, 0.05) is 32.9 Å². The first-order valence-electron chi connectivity index (χ1n) is 9.77. The topological polar surface area (TPSA) is 48.9 Å². The first kappa shape index (κ1) is 23.5. The number of anilines is 1. The van der Waals surface area contributed by atoms with Crippen LogP contribution in [0.25, 0.3) is 0 Å². The van der Waals surface area contributed by atoms with E-state index in [0.29, 0.717) is 24.6 Å². The van der Waals surface area contributed by atoms with Crippen LogP contribution < -0.4 is 15.5 Å². The van der Waals surface area contributed by atoms with Crippen molar-refractivity contribution >= 4 is 11.6 Å². The van der Waals surface area contributed by atoms with Crippen LogP contribution in [0.1, 0.15) is 23.6 Å². The van der Waals surface area contributed by atoms with E-state index < -0.39 is 12.8 Å². The van der Waals surface area contributed by atoms with Crippen LogP contribution in [0, 0.1) is 0 Å². The van der Waals surface area contributed by atoms with Gasteiger partial charge >= 0.3 is 6.18 Å². The molecule has 0 fully saturated rings. The number of halogens is 3. The molecule has 8 heteroatoms. The van der Waals surface area contributed by atoms with Gasteiger partial charge in [0.15, 0.2) is 5.96 Å². The molecular weight excluding hydrogens is 393 g/mol. The van der Waals surface area contributed by atoms with Crippen molar-refractivity contribution in [2.45, 2.75) is 32.8 Å². The Balaban J connectivity index is 1.86. The monoisotopic (exact) mass is 422 g/mol. The molecule has 0 heterocycles. The number of hydrogen-bond donors (Lipinski definition) is 2. The largest absolute Gasteiger partial charge is 0.411 e. The number of nitrogens with zero attached hydrogens (tertiary/aromatic N) is 2. The van der Waals surface area contributed by atoms with Gasteiger partial charge in [0.2, 0.25) is 0 Å². The Kier molecular flexibility index (Phi) is 8.98. The molecule has 0 amide bonds. The van der Waals surface area contributed by atoms with E-state index in [2.05, 4.69) is 44.6 Å². The second-order valence-corrected chi connectivity index (χ2v) is 7.03. The summed E-state index contributed by atoms with van der Waals surface area (Å²) in [5.74, 6) is 0.701. The Hall–Kier alpha value is -2.74. The number of hydrogen-bond acceptors (Lipinski definition) is 3. The Labute approximate surface area is 176 Å². The van der Waals surface area contributed by atoms with E-state index in [9.17, 15) is 13.2 Å². The van der Waals surface area contributed by atoms with Gasteiger partial charge < -0.3 is 20.3 Å². The van der Waals surface area contributed by atoms with Gasteiger partial charge in [0.05, 0.1) is 13.2 Å². The molecule has 0 spiro atoms. The summed E-state index contributed by atoms with van der Waals surface area (Å²) >= 11 is 0. The lowest BCUT2D eigenvalue weighted by Gasteiger charge is -2.13. The first-order valence-corrected chi connectivity index (χ1v) is 9.77. The fraction of sp³-hybridized carbons (Fsp3) is 0.409. The number of guanidine groups is 1. The van der Waals surface area contributed by atoms with Crippen LogP contribution >= 0.6 is 0 Å². The number of rotatable bonds is 9. The minimum absolute atomic E-state index is 0.0655. The highest BCUT2D eigenvalue weighted by Crippen LogP contribution is 2.16. The Morgan fingerprint density at radius 3 is 2.10 bits per heavy atom. The Morgan fingerprint density at radius 1 is 0.933 bits per heavy atom. The van der Waals surface area contributed by atoms with Gasteiger partial charge in [0.1, 0.15) is 6.61 Å². The third-order valence-electron chi connectivity index (χ3n) is 4.23. The van der Waals surface area contributed by atoms with Crippen LogP contribution in [-0.4, -0.2) is 39.4 Å². The molecule has 0 aliphatic heterocycles. The number of aliphatic imine (C=N–C) groups is 1. The van der Waals surface area contributed by atoms with Gasteiger partial charge in [-0.25, -0.2) is 4.99 Å². The van der Waals surface area contributed by atoms with Crippen LogP contribution in [0.4, 0.5) is 18.9 Å². The standard InChI is InChI=1S/C22H29F3N4O/c1-4-26-21(28-14-18-9-11-20(12-10-18)29(2)3)27-13-17-5-7-19(8-6-17)15-30-16-22(23,24)25/h5-12H,4,13-16H2,1-3H3,(H2,26,27,28). The van der Waals surface area contributed by atoms with Crippen molar-refractivity contribution in [3.63, 3.8) is 0 Å². The van der Waals surface area contributed by atoms with E-state index in [0.717, 1.165) is 23.4 Å². The lowest BCUT2D eigenvalue weighted by atomic mass is 10.1. The zero-order valence-electron chi connectivity index (χ0n) is 17.6. The van der Waals surface area contributed by atoms with Crippen molar-refractivity contribution in [1.29, 1.82) is 0 Å². The average molecular weight is 422 g/mol. The third kappa shape index (κ3) is 8.73. The highest BCUT2D eigenvalue weighted by molar-refractivity contribution is 5.79. The van der Waals surface area contributed by atoms with Crippen LogP contribution in [0.3, 0.4) is 0 Å². The van der Waals surface area contributed by atoms with E-state index in [1.54, 1.807) is 12.1 Å². The lowest BCUT2D eigenvalue weighted by molar-refractivity contribution is -0.176. The molecule has 0 radical (unpaired) electrons. The maximum Gasteiger partial charge on any atom is 0.411 e. The summed E-state index contributed by atoms with van der Waals surface area (Å²) < 4.78 is 41.1. The fourth-order valence-corrected chi connectivity index (χ4v) is 2.64. The molecule has 0 aliphatic carbocycles. The Morgan fingerprint density at radius 2 is 1.53 bits per heavy atom. The zero-order chi connectivity index (χ0) is 22.0. The van der Waals surface area contributed by atoms with Gasteiger partial charge in [-0.1, -0.05) is 36.4 Å². The number of nitrogens with one attached hydrogen (secondary N) is 2. The van der Waals surface area contributed by atoms with Crippen molar-refractivity contribution in [3.8, 4) is 0 Å². The molecule has 30 heavy (non-hydrogen) atoms. The highest BCUT2D eigenvalue weighted by Gasteiger charge is 2.27. The molecule has 0 unspecified atom stereocenters. The molecule has 2 aromatic rings. The first-order chi connectivity index (χ1) is 14.3. The summed E-state index contributed by atoms with van der Waals surface area (Å²) in [6.07, 6.45) is -4.31. The molecule has 0 saturated carbocycles. The van der Waals surface area contributed by atoms with E-state index in [1.807, 2.05) is 38.1 Å². The molecule has 0 saturated heterocycles. The molecule has 2 rings (SSSR count).